The van der Waals surface area contributed by atoms with E-state index in [1.165, 1.54) is 0 Å². The third kappa shape index (κ3) is 4.76. The molecule has 2 heterocycles. The third-order valence-corrected chi connectivity index (χ3v) is 2.80. The predicted octanol–water partition coefficient (Wildman–Crippen LogP) is 2.26. The Balaban J connectivity index is 2.15. The van der Waals surface area contributed by atoms with E-state index in [4.69, 9.17) is 0 Å². The Morgan fingerprint density at radius 2 is 1.81 bits per heavy atom. The second-order valence-electron chi connectivity index (χ2n) is 4.61. The van der Waals surface area contributed by atoms with Gasteiger partial charge in [-0.1, -0.05) is 6.92 Å². The quantitative estimate of drug-likeness (QED) is 0.273. The fourth-order valence-corrected chi connectivity index (χ4v) is 1.51. The first kappa shape index (κ1) is 14.8. The van der Waals surface area contributed by atoms with Crippen LogP contribution in [0.4, 0.5) is 5.69 Å². The van der Waals surface area contributed by atoms with E-state index in [9.17, 15) is 0 Å². The van der Waals surface area contributed by atoms with E-state index in [1.54, 1.807) is 0 Å². The molecule has 0 saturated carbocycles. The molecule has 0 bridgehead atoms. The molecule has 0 N–H and O–H groups in total. The molecule has 2 aromatic heterocycles. The molecular weight excluding hydrogens is 264 g/mol. The van der Waals surface area contributed by atoms with E-state index in [0.717, 1.165) is 11.0 Å². The average molecular weight is 283 g/mol. The van der Waals surface area contributed by atoms with Crippen molar-refractivity contribution in [1.29, 1.82) is 0 Å². The largest absolute Gasteiger partial charge is 0.357 e. The molecule has 0 aromatic carbocycles. The van der Waals surface area contributed by atoms with Crippen LogP contribution in [0.5, 0.6) is 0 Å². The number of aryl methyl sites for hydroxylation is 2. The minimum atomic E-state index is 0.594. The van der Waals surface area contributed by atoms with Crippen LogP contribution in [0.2, 0.25) is 0 Å². The van der Waals surface area contributed by atoms with Gasteiger partial charge in [-0.15, -0.1) is 20.4 Å². The number of hydrogen-bond donors (Lipinski definition) is 0. The molecule has 0 aliphatic rings. The molecule has 0 radical (unpaired) electrons. The minimum Gasteiger partial charge on any atom is -0.357 e. The number of rotatable bonds is 3. The Kier molecular flexibility index (Phi) is 5.09. The van der Waals surface area contributed by atoms with E-state index in [2.05, 4.69) is 20.4 Å². The van der Waals surface area contributed by atoms with Crippen molar-refractivity contribution in [1.82, 2.24) is 4.57 Å². The van der Waals surface area contributed by atoms with Gasteiger partial charge in [-0.2, -0.15) is 0 Å². The van der Waals surface area contributed by atoms with Gasteiger partial charge in [0.25, 0.3) is 0 Å². The molecule has 0 fully saturated rings. The minimum absolute atomic E-state index is 0.594. The van der Waals surface area contributed by atoms with E-state index < -0.39 is 0 Å². The summed E-state index contributed by atoms with van der Waals surface area (Å²) in [5.41, 5.74) is 0.793. The molecule has 0 atom stereocenters. The van der Waals surface area contributed by atoms with E-state index in [1.807, 2.05) is 79.2 Å². The molecule has 2 rings (SSSR count). The van der Waals surface area contributed by atoms with Crippen LogP contribution in [0.1, 0.15) is 13.3 Å². The molecule has 108 valence electrons. The lowest BCUT2D eigenvalue weighted by molar-refractivity contribution is -0.671. The predicted molar refractivity (Wildman–Crippen MR) is 80.8 cm³/mol. The maximum absolute atomic E-state index is 4.16. The standard InChI is InChI=1S/C15H19N6/c1-4-15(18-16-13-5-9-20(2)10-6-13)19-17-14-7-11-21(3)12-8-14/h5-12H,4H2,1-3H3/q+1. The van der Waals surface area contributed by atoms with Gasteiger partial charge in [0.1, 0.15) is 7.05 Å². The highest BCUT2D eigenvalue weighted by Gasteiger charge is 1.95. The van der Waals surface area contributed by atoms with Crippen LogP contribution in [0.25, 0.3) is 0 Å². The number of amidine groups is 1. The van der Waals surface area contributed by atoms with Crippen molar-refractivity contribution in [3.05, 3.63) is 54.4 Å². The first-order chi connectivity index (χ1) is 10.2. The second-order valence-corrected chi connectivity index (χ2v) is 4.61. The summed E-state index contributed by atoms with van der Waals surface area (Å²) in [7, 11) is 3.91. The Morgan fingerprint density at radius 3 is 2.43 bits per heavy atom. The Labute approximate surface area is 123 Å². The molecule has 0 saturated heterocycles. The van der Waals surface area contributed by atoms with Gasteiger partial charge in [-0.25, -0.2) is 4.57 Å². The van der Waals surface area contributed by atoms with Crippen molar-refractivity contribution in [3.8, 4) is 0 Å². The second kappa shape index (κ2) is 7.23. The molecular formula is C15H19N6+. The lowest BCUT2D eigenvalue weighted by atomic mass is 10.4. The van der Waals surface area contributed by atoms with Crippen LogP contribution in [-0.2, 0) is 14.1 Å². The van der Waals surface area contributed by atoms with Gasteiger partial charge in [0.15, 0.2) is 18.2 Å². The zero-order chi connectivity index (χ0) is 15.1. The molecule has 0 aliphatic carbocycles. The summed E-state index contributed by atoms with van der Waals surface area (Å²) in [6.07, 6.45) is 8.36. The lowest BCUT2D eigenvalue weighted by Gasteiger charge is -1.94. The molecule has 6 heteroatoms. The zero-order valence-corrected chi connectivity index (χ0v) is 12.5. The normalized spacial score (nSPS) is 11.9. The van der Waals surface area contributed by atoms with Gasteiger partial charge in [0.05, 0.1) is 11.0 Å². The van der Waals surface area contributed by atoms with Crippen molar-refractivity contribution in [2.75, 3.05) is 0 Å². The van der Waals surface area contributed by atoms with Crippen molar-refractivity contribution in [3.63, 3.8) is 0 Å². The van der Waals surface area contributed by atoms with E-state index in [0.29, 0.717) is 12.3 Å². The van der Waals surface area contributed by atoms with Gasteiger partial charge < -0.3 is 4.57 Å². The van der Waals surface area contributed by atoms with E-state index >= 15 is 0 Å². The highest BCUT2D eigenvalue weighted by atomic mass is 15.3. The summed E-state index contributed by atoms with van der Waals surface area (Å²) in [5.74, 6) is 0.594. The first-order valence-electron chi connectivity index (χ1n) is 6.77. The van der Waals surface area contributed by atoms with Crippen LogP contribution < -0.4 is 9.92 Å². The number of aromatic nitrogens is 2. The molecule has 0 amide bonds. The SMILES string of the molecule is CCC(N=Nc1cc[n+](C)cc1)=NN=c1ccn(C)cc1. The fourth-order valence-electron chi connectivity index (χ4n) is 1.51. The lowest BCUT2D eigenvalue weighted by Crippen LogP contribution is -2.25. The summed E-state index contributed by atoms with van der Waals surface area (Å²) in [4.78, 5) is 0. The monoisotopic (exact) mass is 283 g/mol. The maximum Gasteiger partial charge on any atom is 0.173 e. The summed E-state index contributed by atoms with van der Waals surface area (Å²) in [6.45, 7) is 1.98. The van der Waals surface area contributed by atoms with Crippen LogP contribution in [-0.4, -0.2) is 10.4 Å². The summed E-state index contributed by atoms with van der Waals surface area (Å²) >= 11 is 0. The maximum atomic E-state index is 4.16. The molecule has 6 nitrogen and oxygen atoms in total. The number of hydrogen-bond acceptors (Lipinski definition) is 3. The summed E-state index contributed by atoms with van der Waals surface area (Å²) < 4.78 is 3.89. The Hall–Kier alpha value is -2.63. The zero-order valence-electron chi connectivity index (χ0n) is 12.5. The average Bonchev–Trinajstić information content (AvgIpc) is 2.51. The summed E-state index contributed by atoms with van der Waals surface area (Å²) in [5, 5.41) is 17.4. The fraction of sp³-hybridized carbons (Fsp3) is 0.267. The van der Waals surface area contributed by atoms with Gasteiger partial charge >= 0.3 is 0 Å². The number of pyridine rings is 2. The molecule has 0 spiro atoms. The summed E-state index contributed by atoms with van der Waals surface area (Å²) in [6, 6.07) is 7.58. The van der Waals surface area contributed by atoms with Gasteiger partial charge in [-0.3, -0.25) is 0 Å². The van der Waals surface area contributed by atoms with Crippen LogP contribution in [0.3, 0.4) is 0 Å². The van der Waals surface area contributed by atoms with Crippen molar-refractivity contribution in [2.45, 2.75) is 13.3 Å². The number of nitrogens with zero attached hydrogens (tertiary/aromatic N) is 6. The van der Waals surface area contributed by atoms with Crippen molar-refractivity contribution in [2.24, 2.45) is 34.5 Å². The highest BCUT2D eigenvalue weighted by molar-refractivity contribution is 5.82. The van der Waals surface area contributed by atoms with Gasteiger partial charge in [0, 0.05) is 38.0 Å². The molecule has 0 unspecified atom stereocenters. The Bertz CT molecular complexity index is 689. The topological polar surface area (TPSA) is 58.2 Å². The van der Waals surface area contributed by atoms with E-state index in [-0.39, 0.29) is 0 Å². The first-order valence-corrected chi connectivity index (χ1v) is 6.77. The van der Waals surface area contributed by atoms with Gasteiger partial charge in [0.2, 0.25) is 0 Å². The third-order valence-electron chi connectivity index (χ3n) is 2.80. The van der Waals surface area contributed by atoms with Crippen LogP contribution in [0, 0.1) is 0 Å². The smallest absolute Gasteiger partial charge is 0.173 e. The Morgan fingerprint density at radius 1 is 1.14 bits per heavy atom. The van der Waals surface area contributed by atoms with Crippen LogP contribution >= 0.6 is 0 Å². The van der Waals surface area contributed by atoms with Crippen molar-refractivity contribution < 1.29 is 4.57 Å². The molecule has 21 heavy (non-hydrogen) atoms. The number of azo groups is 1. The van der Waals surface area contributed by atoms with Crippen molar-refractivity contribution >= 4 is 11.5 Å². The molecule has 2 aromatic rings. The highest BCUT2D eigenvalue weighted by Crippen LogP contribution is 2.08. The van der Waals surface area contributed by atoms with Crippen LogP contribution in [0.15, 0.2) is 69.5 Å². The molecule has 0 aliphatic heterocycles. The van der Waals surface area contributed by atoms with Gasteiger partial charge in [-0.05, 0) is 12.1 Å².